The molecule has 6 heteroatoms. The Morgan fingerprint density at radius 1 is 1.29 bits per heavy atom. The summed E-state index contributed by atoms with van der Waals surface area (Å²) in [5.41, 5.74) is 0. The highest BCUT2D eigenvalue weighted by Gasteiger charge is 2.14. The summed E-state index contributed by atoms with van der Waals surface area (Å²) < 4.78 is 34.9. The molecular weight excluding hydrogens is 420 g/mol. The molecule has 0 spiro atoms. The Balaban J connectivity index is 3.11. The molecule has 0 aliphatic carbocycles. The van der Waals surface area contributed by atoms with Gasteiger partial charge in [0.05, 0.1) is 10.7 Å². The Labute approximate surface area is 107 Å². The Morgan fingerprint density at radius 3 is 2.43 bits per heavy atom. The summed E-state index contributed by atoms with van der Waals surface area (Å²) in [6.45, 7) is -2.84. The first-order chi connectivity index (χ1) is 6.54. The molecule has 0 aromatic heterocycles. The van der Waals surface area contributed by atoms with E-state index in [9.17, 15) is 8.78 Å². The maximum absolute atomic E-state index is 12.0. The molecule has 0 amide bonds. The van der Waals surface area contributed by atoms with Crippen LogP contribution >= 0.6 is 45.2 Å². The number of benzene rings is 1. The third-order valence-electron chi connectivity index (χ3n) is 1.40. The van der Waals surface area contributed by atoms with E-state index in [1.807, 2.05) is 22.6 Å². The number of alkyl halides is 2. The Hall–Kier alpha value is 0.140. The maximum Gasteiger partial charge on any atom is 0.387 e. The van der Waals surface area contributed by atoms with Gasteiger partial charge in [-0.2, -0.15) is 8.78 Å². The lowest BCUT2D eigenvalue weighted by Crippen LogP contribution is -2.05. The van der Waals surface area contributed by atoms with Crippen LogP contribution in [0.15, 0.2) is 12.1 Å². The van der Waals surface area contributed by atoms with Crippen LogP contribution < -0.4 is 9.47 Å². The smallest absolute Gasteiger partial charge is 0.387 e. The van der Waals surface area contributed by atoms with Crippen LogP contribution in [0.3, 0.4) is 0 Å². The number of ether oxygens (including phenoxy) is 2. The molecule has 0 aliphatic heterocycles. The average Bonchev–Trinajstić information content (AvgIpc) is 2.08. The van der Waals surface area contributed by atoms with E-state index in [2.05, 4.69) is 27.3 Å². The predicted octanol–water partition coefficient (Wildman–Crippen LogP) is 3.51. The zero-order chi connectivity index (χ0) is 10.7. The molecule has 0 N–H and O–H groups in total. The fourth-order valence-corrected chi connectivity index (χ4v) is 2.81. The molecule has 0 unspecified atom stereocenters. The minimum absolute atomic E-state index is 0.0866. The summed E-state index contributed by atoms with van der Waals surface area (Å²) >= 11 is 4.00. The van der Waals surface area contributed by atoms with Crippen molar-refractivity contribution in [3.63, 3.8) is 0 Å². The van der Waals surface area contributed by atoms with Gasteiger partial charge in [-0.15, -0.1) is 0 Å². The molecule has 1 rings (SSSR count). The van der Waals surface area contributed by atoms with Crippen LogP contribution in [0.25, 0.3) is 0 Å². The van der Waals surface area contributed by atoms with Crippen molar-refractivity contribution in [2.24, 2.45) is 0 Å². The van der Waals surface area contributed by atoms with Gasteiger partial charge in [0, 0.05) is 3.57 Å². The Bertz CT molecular complexity index is 331. The van der Waals surface area contributed by atoms with Crippen molar-refractivity contribution in [3.8, 4) is 11.5 Å². The van der Waals surface area contributed by atoms with Gasteiger partial charge in [0.15, 0.2) is 11.5 Å². The molecule has 2 nitrogen and oxygen atoms in total. The van der Waals surface area contributed by atoms with Crippen LogP contribution in [0.5, 0.6) is 11.5 Å². The summed E-state index contributed by atoms with van der Waals surface area (Å²) in [5, 5.41) is 0. The molecule has 1 aromatic rings. The Morgan fingerprint density at radius 2 is 1.93 bits per heavy atom. The van der Waals surface area contributed by atoms with Gasteiger partial charge in [0.1, 0.15) is 0 Å². The molecule has 0 fully saturated rings. The highest BCUT2D eigenvalue weighted by molar-refractivity contribution is 14.1. The van der Waals surface area contributed by atoms with Crippen LogP contribution in [0.1, 0.15) is 0 Å². The molecule has 78 valence electrons. The van der Waals surface area contributed by atoms with E-state index < -0.39 is 6.61 Å². The zero-order valence-electron chi connectivity index (χ0n) is 7.06. The van der Waals surface area contributed by atoms with Crippen molar-refractivity contribution in [1.82, 2.24) is 0 Å². The van der Waals surface area contributed by atoms with Gasteiger partial charge >= 0.3 is 6.61 Å². The molecule has 0 radical (unpaired) electrons. The minimum atomic E-state index is -2.84. The highest BCUT2D eigenvalue weighted by atomic mass is 127. The molecule has 0 saturated carbocycles. The lowest BCUT2D eigenvalue weighted by Gasteiger charge is -2.11. The molecular formula is C8H6F2I2O2. The van der Waals surface area contributed by atoms with Crippen molar-refractivity contribution >= 4 is 45.2 Å². The van der Waals surface area contributed by atoms with Gasteiger partial charge in [0.2, 0.25) is 0 Å². The van der Waals surface area contributed by atoms with Crippen molar-refractivity contribution < 1.29 is 18.3 Å². The first kappa shape index (κ1) is 12.2. The summed E-state index contributed by atoms with van der Waals surface area (Å²) in [5.74, 6) is 0.408. The van der Waals surface area contributed by atoms with Gasteiger partial charge in [-0.1, -0.05) is 0 Å². The number of rotatable bonds is 3. The topological polar surface area (TPSA) is 18.5 Å². The largest absolute Gasteiger partial charge is 0.493 e. The van der Waals surface area contributed by atoms with E-state index in [4.69, 9.17) is 4.74 Å². The SMILES string of the molecule is COc1cc(I)cc(I)c1OC(F)F. The molecule has 0 bridgehead atoms. The van der Waals surface area contributed by atoms with Crippen molar-refractivity contribution in [2.45, 2.75) is 6.61 Å². The molecule has 0 atom stereocenters. The molecule has 1 aromatic carbocycles. The van der Waals surface area contributed by atoms with Gasteiger partial charge in [-0.25, -0.2) is 0 Å². The summed E-state index contributed by atoms with van der Waals surface area (Å²) in [6, 6.07) is 3.38. The fourth-order valence-electron chi connectivity index (χ4n) is 0.892. The molecule has 0 aliphatic rings. The van der Waals surface area contributed by atoms with Gasteiger partial charge in [0.25, 0.3) is 0 Å². The summed E-state index contributed by atoms with van der Waals surface area (Å²) in [7, 11) is 1.42. The van der Waals surface area contributed by atoms with E-state index in [0.29, 0.717) is 9.32 Å². The number of hydrogen-bond donors (Lipinski definition) is 0. The number of hydrogen-bond acceptors (Lipinski definition) is 2. The monoisotopic (exact) mass is 426 g/mol. The van der Waals surface area contributed by atoms with Crippen molar-refractivity contribution in [3.05, 3.63) is 19.3 Å². The van der Waals surface area contributed by atoms with Crippen LogP contribution in [0.2, 0.25) is 0 Å². The Kier molecular flexibility index (Phi) is 4.61. The van der Waals surface area contributed by atoms with Gasteiger partial charge < -0.3 is 9.47 Å². The second-order valence-corrected chi connectivity index (χ2v) is 4.71. The van der Waals surface area contributed by atoms with Crippen molar-refractivity contribution in [2.75, 3.05) is 7.11 Å². The standard InChI is InChI=1S/C8H6F2I2O2/c1-13-6-3-4(11)2-5(12)7(6)14-8(9)10/h2-3,8H,1H3. The van der Waals surface area contributed by atoms with E-state index in [-0.39, 0.29) is 5.75 Å². The fraction of sp³-hybridized carbons (Fsp3) is 0.250. The number of methoxy groups -OCH3 is 1. The lowest BCUT2D eigenvalue weighted by molar-refractivity contribution is -0.0518. The van der Waals surface area contributed by atoms with E-state index in [1.54, 1.807) is 12.1 Å². The van der Waals surface area contributed by atoms with Crippen LogP contribution in [0.4, 0.5) is 8.78 Å². The molecule has 14 heavy (non-hydrogen) atoms. The van der Waals surface area contributed by atoms with Gasteiger partial charge in [-0.3, -0.25) is 0 Å². The van der Waals surface area contributed by atoms with E-state index >= 15 is 0 Å². The van der Waals surface area contributed by atoms with Crippen molar-refractivity contribution in [1.29, 1.82) is 0 Å². The summed E-state index contributed by atoms with van der Waals surface area (Å²) in [4.78, 5) is 0. The minimum Gasteiger partial charge on any atom is -0.493 e. The van der Waals surface area contributed by atoms with Crippen LogP contribution in [-0.2, 0) is 0 Å². The highest BCUT2D eigenvalue weighted by Crippen LogP contribution is 2.35. The molecule has 0 heterocycles. The number of halogens is 4. The molecule has 0 saturated heterocycles. The third-order valence-corrected chi connectivity index (χ3v) is 2.83. The van der Waals surface area contributed by atoms with E-state index in [1.165, 1.54) is 7.11 Å². The normalized spacial score (nSPS) is 10.4. The first-order valence-electron chi connectivity index (χ1n) is 3.52. The second kappa shape index (κ2) is 5.29. The maximum atomic E-state index is 12.0. The van der Waals surface area contributed by atoms with E-state index in [0.717, 1.165) is 3.57 Å². The zero-order valence-corrected chi connectivity index (χ0v) is 11.4. The quantitative estimate of drug-likeness (QED) is 0.690. The van der Waals surface area contributed by atoms with Crippen LogP contribution in [-0.4, -0.2) is 13.7 Å². The predicted molar refractivity (Wildman–Crippen MR) is 65.1 cm³/mol. The first-order valence-corrected chi connectivity index (χ1v) is 5.68. The lowest BCUT2D eigenvalue weighted by atomic mass is 10.3. The van der Waals surface area contributed by atoms with Crippen LogP contribution in [0, 0.1) is 7.14 Å². The average molecular weight is 426 g/mol. The van der Waals surface area contributed by atoms with Gasteiger partial charge in [-0.05, 0) is 57.3 Å². The second-order valence-electron chi connectivity index (χ2n) is 2.30. The third kappa shape index (κ3) is 3.07. The summed E-state index contributed by atoms with van der Waals surface area (Å²) in [6.07, 6.45) is 0.